The smallest absolute Gasteiger partial charge is 0.289 e. The van der Waals surface area contributed by atoms with Crippen LogP contribution in [0.15, 0.2) is 41.0 Å². The van der Waals surface area contributed by atoms with Gasteiger partial charge >= 0.3 is 0 Å². The van der Waals surface area contributed by atoms with Gasteiger partial charge in [0.15, 0.2) is 5.76 Å². The van der Waals surface area contributed by atoms with Crippen molar-refractivity contribution in [2.45, 2.75) is 13.0 Å². The normalized spacial score (nSPS) is 18.3. The number of furan rings is 1. The molecule has 1 aromatic carbocycles. The average molecular weight is 393 g/mol. The number of piperazine rings is 1. The molecule has 1 N–H and O–H groups in total. The second kappa shape index (κ2) is 9.12. The van der Waals surface area contributed by atoms with E-state index in [4.69, 9.17) is 4.42 Å². The van der Waals surface area contributed by atoms with Crippen molar-refractivity contribution >= 4 is 11.6 Å². The largest absolute Gasteiger partial charge is 0.459 e. The maximum Gasteiger partial charge on any atom is 0.289 e. The first kappa shape index (κ1) is 19.5. The highest BCUT2D eigenvalue weighted by atomic mass is 16.3. The monoisotopic (exact) mass is 393 g/mol. The van der Waals surface area contributed by atoms with Crippen LogP contribution >= 0.6 is 0 Å². The number of hydrogen-bond donors (Lipinski definition) is 1. The van der Waals surface area contributed by atoms with E-state index in [1.54, 1.807) is 12.1 Å². The molecule has 3 heterocycles. The fourth-order valence-electron chi connectivity index (χ4n) is 4.03. The number of hydrogen-bond acceptors (Lipinski definition) is 6. The van der Waals surface area contributed by atoms with Gasteiger partial charge in [-0.2, -0.15) is 5.26 Å². The zero-order chi connectivity index (χ0) is 20.1. The first-order valence-corrected chi connectivity index (χ1v) is 10.3. The Bertz CT molecular complexity index is 858. The third-order valence-corrected chi connectivity index (χ3v) is 5.70. The Morgan fingerprint density at radius 3 is 2.72 bits per heavy atom. The summed E-state index contributed by atoms with van der Waals surface area (Å²) in [5.74, 6) is 0.342. The Hall–Kier alpha value is -2.82. The molecule has 2 fully saturated rings. The minimum absolute atomic E-state index is 0.0517. The van der Waals surface area contributed by atoms with Crippen molar-refractivity contribution in [1.82, 2.24) is 15.1 Å². The van der Waals surface area contributed by atoms with Gasteiger partial charge in [-0.15, -0.1) is 0 Å². The third-order valence-electron chi connectivity index (χ3n) is 5.70. The first-order chi connectivity index (χ1) is 14.2. The summed E-state index contributed by atoms with van der Waals surface area (Å²) in [6, 6.07) is 12.0. The van der Waals surface area contributed by atoms with E-state index >= 15 is 0 Å². The average Bonchev–Trinajstić information content (AvgIpc) is 3.16. The molecule has 7 nitrogen and oxygen atoms in total. The van der Waals surface area contributed by atoms with Gasteiger partial charge in [-0.1, -0.05) is 0 Å². The van der Waals surface area contributed by atoms with Crippen LogP contribution in [-0.4, -0.2) is 68.1 Å². The van der Waals surface area contributed by atoms with Gasteiger partial charge in [-0.3, -0.25) is 9.69 Å². The molecule has 0 aliphatic carbocycles. The molecule has 1 aromatic heterocycles. The summed E-state index contributed by atoms with van der Waals surface area (Å²) < 4.78 is 5.23. The molecule has 2 aromatic rings. The van der Waals surface area contributed by atoms with Gasteiger partial charge < -0.3 is 19.5 Å². The van der Waals surface area contributed by atoms with Crippen molar-refractivity contribution in [3.05, 3.63) is 53.5 Å². The molecule has 0 bridgehead atoms. The molecule has 29 heavy (non-hydrogen) atoms. The number of rotatable bonds is 4. The van der Waals surface area contributed by atoms with Crippen molar-refractivity contribution in [3.63, 3.8) is 0 Å². The highest BCUT2D eigenvalue weighted by Crippen LogP contribution is 2.22. The van der Waals surface area contributed by atoms with Gasteiger partial charge in [-0.25, -0.2) is 0 Å². The Labute approximate surface area is 171 Å². The van der Waals surface area contributed by atoms with Crippen LogP contribution in [-0.2, 0) is 6.54 Å². The molecule has 1 amide bonds. The fraction of sp³-hybridized carbons (Fsp3) is 0.455. The minimum Gasteiger partial charge on any atom is -0.459 e. The van der Waals surface area contributed by atoms with Crippen LogP contribution in [0.25, 0.3) is 0 Å². The Balaban J connectivity index is 1.40. The molecule has 4 rings (SSSR count). The van der Waals surface area contributed by atoms with Gasteiger partial charge in [0.2, 0.25) is 0 Å². The zero-order valence-electron chi connectivity index (χ0n) is 16.6. The van der Waals surface area contributed by atoms with E-state index in [2.05, 4.69) is 33.3 Å². The van der Waals surface area contributed by atoms with Crippen LogP contribution in [0.5, 0.6) is 0 Å². The van der Waals surface area contributed by atoms with Gasteiger partial charge in [0.25, 0.3) is 5.91 Å². The molecule has 7 heteroatoms. The van der Waals surface area contributed by atoms with Crippen LogP contribution in [0.4, 0.5) is 5.69 Å². The number of nitrogens with zero attached hydrogens (tertiary/aromatic N) is 4. The van der Waals surface area contributed by atoms with Crippen molar-refractivity contribution in [3.8, 4) is 6.07 Å². The number of anilines is 1. The number of benzene rings is 1. The molecule has 152 valence electrons. The summed E-state index contributed by atoms with van der Waals surface area (Å²) in [6.07, 6.45) is 2.65. The van der Waals surface area contributed by atoms with Gasteiger partial charge in [-0.05, 0) is 48.9 Å². The predicted octanol–water partition coefficient (Wildman–Crippen LogP) is 1.91. The SMILES string of the molecule is N#Cc1ccc(N2CCCNCC2)cc1CN1CCN(C(=O)c2ccco2)CC1. The molecule has 0 radical (unpaired) electrons. The second-order valence-corrected chi connectivity index (χ2v) is 7.59. The molecule has 2 aliphatic rings. The van der Waals surface area contributed by atoms with Crippen LogP contribution < -0.4 is 10.2 Å². The molecule has 0 spiro atoms. The van der Waals surface area contributed by atoms with Crippen molar-refractivity contribution < 1.29 is 9.21 Å². The number of amides is 1. The van der Waals surface area contributed by atoms with Crippen LogP contribution in [0.3, 0.4) is 0 Å². The number of carbonyl (C=O) groups excluding carboxylic acids is 1. The highest BCUT2D eigenvalue weighted by molar-refractivity contribution is 5.91. The van der Waals surface area contributed by atoms with E-state index in [0.717, 1.165) is 63.4 Å². The summed E-state index contributed by atoms with van der Waals surface area (Å²) in [5.41, 5.74) is 2.98. The van der Waals surface area contributed by atoms with Crippen molar-refractivity contribution in [2.75, 3.05) is 57.3 Å². The van der Waals surface area contributed by atoms with Gasteiger partial charge in [0, 0.05) is 58.0 Å². The summed E-state index contributed by atoms with van der Waals surface area (Å²) in [5, 5.41) is 13.0. The van der Waals surface area contributed by atoms with E-state index in [9.17, 15) is 10.1 Å². The summed E-state index contributed by atoms with van der Waals surface area (Å²) in [7, 11) is 0. The molecule has 2 saturated heterocycles. The Morgan fingerprint density at radius 2 is 1.97 bits per heavy atom. The second-order valence-electron chi connectivity index (χ2n) is 7.59. The minimum atomic E-state index is -0.0517. The predicted molar refractivity (Wildman–Crippen MR) is 111 cm³/mol. The molecular formula is C22H27N5O2. The molecule has 0 saturated carbocycles. The van der Waals surface area contributed by atoms with Gasteiger partial charge in [0.05, 0.1) is 17.9 Å². The van der Waals surface area contributed by atoms with Crippen LogP contribution in [0, 0.1) is 11.3 Å². The molecule has 0 unspecified atom stereocenters. The van der Waals surface area contributed by atoms with Crippen LogP contribution in [0.1, 0.15) is 28.1 Å². The quantitative estimate of drug-likeness (QED) is 0.855. The molecular weight excluding hydrogens is 366 g/mol. The molecule has 0 atom stereocenters. The third kappa shape index (κ3) is 4.61. The summed E-state index contributed by atoms with van der Waals surface area (Å²) in [6.45, 7) is 7.69. The van der Waals surface area contributed by atoms with E-state index in [0.29, 0.717) is 18.8 Å². The number of nitriles is 1. The van der Waals surface area contributed by atoms with E-state index in [-0.39, 0.29) is 5.91 Å². The highest BCUT2D eigenvalue weighted by Gasteiger charge is 2.24. The summed E-state index contributed by atoms with van der Waals surface area (Å²) >= 11 is 0. The van der Waals surface area contributed by atoms with E-state index in [1.165, 1.54) is 12.0 Å². The maximum absolute atomic E-state index is 12.4. The fourth-order valence-corrected chi connectivity index (χ4v) is 4.03. The number of nitrogens with one attached hydrogen (secondary N) is 1. The maximum atomic E-state index is 12.4. The summed E-state index contributed by atoms with van der Waals surface area (Å²) in [4.78, 5) is 19.0. The lowest BCUT2D eigenvalue weighted by Crippen LogP contribution is -2.48. The van der Waals surface area contributed by atoms with Crippen molar-refractivity contribution in [1.29, 1.82) is 5.26 Å². The van der Waals surface area contributed by atoms with Crippen LogP contribution in [0.2, 0.25) is 0 Å². The standard InChI is InChI=1S/C22H27N5O2/c23-16-18-4-5-20(26-8-2-6-24-7-9-26)15-19(18)17-25-10-12-27(13-11-25)22(28)21-3-1-14-29-21/h1,3-5,14-15,24H,2,6-13,17H2. The lowest BCUT2D eigenvalue weighted by atomic mass is 10.1. The molecule has 2 aliphatic heterocycles. The van der Waals surface area contributed by atoms with Crippen molar-refractivity contribution in [2.24, 2.45) is 0 Å². The van der Waals surface area contributed by atoms with E-state index < -0.39 is 0 Å². The lowest BCUT2D eigenvalue weighted by Gasteiger charge is -2.34. The topological polar surface area (TPSA) is 75.8 Å². The lowest BCUT2D eigenvalue weighted by molar-refractivity contribution is 0.0597. The first-order valence-electron chi connectivity index (χ1n) is 10.3. The number of carbonyl (C=O) groups is 1. The Morgan fingerprint density at radius 1 is 1.10 bits per heavy atom. The van der Waals surface area contributed by atoms with Gasteiger partial charge in [0.1, 0.15) is 0 Å². The van der Waals surface area contributed by atoms with E-state index in [1.807, 2.05) is 11.0 Å². The Kier molecular flexibility index (Phi) is 6.13. The zero-order valence-corrected chi connectivity index (χ0v) is 16.6.